The van der Waals surface area contributed by atoms with Crippen LogP contribution in [0.5, 0.6) is 0 Å². The monoisotopic (exact) mass is 361 g/mol. The van der Waals surface area contributed by atoms with Gasteiger partial charge in [0.05, 0.1) is 12.1 Å². The molecule has 3 fully saturated rings. The molecule has 4 heterocycles. The van der Waals surface area contributed by atoms with Gasteiger partial charge in [-0.2, -0.15) is 5.10 Å². The van der Waals surface area contributed by atoms with Gasteiger partial charge in [0, 0.05) is 57.5 Å². The predicted octanol–water partition coefficient (Wildman–Crippen LogP) is 0.484. The largest absolute Gasteiger partial charge is 0.381 e. The van der Waals surface area contributed by atoms with Gasteiger partial charge < -0.3 is 15.4 Å². The number of amides is 1. The summed E-state index contributed by atoms with van der Waals surface area (Å²) in [7, 11) is 1.92. The van der Waals surface area contributed by atoms with E-state index in [1.807, 2.05) is 24.1 Å². The number of nitrogens with zero attached hydrogens (tertiary/aromatic N) is 3. The van der Waals surface area contributed by atoms with Crippen LogP contribution in [0.1, 0.15) is 37.2 Å². The Morgan fingerprint density at radius 2 is 2.12 bits per heavy atom. The highest BCUT2D eigenvalue weighted by Gasteiger charge is 2.41. The van der Waals surface area contributed by atoms with Crippen molar-refractivity contribution in [1.29, 1.82) is 0 Å². The minimum Gasteiger partial charge on any atom is -0.381 e. The van der Waals surface area contributed by atoms with Crippen LogP contribution in [0, 0.1) is 5.92 Å². The molecule has 7 heteroatoms. The van der Waals surface area contributed by atoms with Crippen LogP contribution in [-0.2, 0) is 16.6 Å². The Bertz CT molecular complexity index is 619. The maximum absolute atomic E-state index is 13.0. The predicted molar refractivity (Wildman–Crippen MR) is 98.9 cm³/mol. The zero-order valence-corrected chi connectivity index (χ0v) is 15.7. The van der Waals surface area contributed by atoms with Gasteiger partial charge in [-0.25, -0.2) is 0 Å². The highest BCUT2D eigenvalue weighted by molar-refractivity contribution is 5.80. The van der Waals surface area contributed by atoms with Crippen LogP contribution in [0.4, 0.5) is 0 Å². The van der Waals surface area contributed by atoms with E-state index >= 15 is 0 Å². The summed E-state index contributed by atoms with van der Waals surface area (Å²) < 4.78 is 7.42. The van der Waals surface area contributed by atoms with E-state index in [0.717, 1.165) is 64.3 Å². The number of aromatic nitrogens is 2. The third kappa shape index (κ3) is 3.52. The second kappa shape index (κ2) is 7.66. The van der Waals surface area contributed by atoms with Crippen molar-refractivity contribution in [2.45, 2.75) is 37.1 Å². The molecule has 0 saturated carbocycles. The molecule has 0 aromatic carbocycles. The van der Waals surface area contributed by atoms with E-state index in [1.54, 1.807) is 0 Å². The first-order valence-electron chi connectivity index (χ1n) is 9.98. The molecule has 2 N–H and O–H groups in total. The lowest BCUT2D eigenvalue weighted by Crippen LogP contribution is -2.58. The average Bonchev–Trinajstić information content (AvgIpc) is 3.41. The third-order valence-corrected chi connectivity index (χ3v) is 6.50. The number of nitrogens with one attached hydrogen (secondary N) is 2. The molecule has 144 valence electrons. The fourth-order valence-corrected chi connectivity index (χ4v) is 4.87. The molecule has 0 spiro atoms. The SMILES string of the molecule is Cn1cc([C@H]2CNC[C@@H]2C(=O)NCC2(N3CCCC3)CCOCC2)cn1. The van der Waals surface area contributed by atoms with E-state index in [4.69, 9.17) is 4.74 Å². The van der Waals surface area contributed by atoms with Gasteiger partial charge in [0.1, 0.15) is 0 Å². The molecule has 2 atom stereocenters. The zero-order chi connectivity index (χ0) is 18.0. The van der Waals surface area contributed by atoms with Crippen LogP contribution in [-0.4, -0.2) is 72.1 Å². The van der Waals surface area contributed by atoms with Crippen molar-refractivity contribution >= 4 is 5.91 Å². The maximum atomic E-state index is 13.0. The second-order valence-electron chi connectivity index (χ2n) is 8.07. The average molecular weight is 361 g/mol. The number of carbonyl (C=O) groups is 1. The number of carbonyl (C=O) groups excluding carboxylic acids is 1. The van der Waals surface area contributed by atoms with Gasteiger partial charge in [-0.1, -0.05) is 0 Å². The van der Waals surface area contributed by atoms with Gasteiger partial charge >= 0.3 is 0 Å². The summed E-state index contributed by atoms with van der Waals surface area (Å²) in [4.78, 5) is 15.6. The van der Waals surface area contributed by atoms with Gasteiger partial charge in [0.25, 0.3) is 0 Å². The van der Waals surface area contributed by atoms with E-state index in [9.17, 15) is 4.79 Å². The minimum atomic E-state index is -0.0188. The number of aryl methyl sites for hydroxylation is 1. The summed E-state index contributed by atoms with van der Waals surface area (Å²) in [6.45, 7) is 6.23. The molecule has 0 radical (unpaired) electrons. The zero-order valence-electron chi connectivity index (χ0n) is 15.7. The molecule has 0 aliphatic carbocycles. The molecule has 3 saturated heterocycles. The van der Waals surface area contributed by atoms with E-state index in [0.29, 0.717) is 0 Å². The maximum Gasteiger partial charge on any atom is 0.225 e. The topological polar surface area (TPSA) is 71.4 Å². The Kier molecular flexibility index (Phi) is 5.29. The number of rotatable bonds is 5. The first kappa shape index (κ1) is 17.9. The van der Waals surface area contributed by atoms with Gasteiger partial charge in [-0.3, -0.25) is 14.4 Å². The van der Waals surface area contributed by atoms with E-state index in [2.05, 4.69) is 20.6 Å². The van der Waals surface area contributed by atoms with E-state index < -0.39 is 0 Å². The van der Waals surface area contributed by atoms with E-state index in [-0.39, 0.29) is 23.3 Å². The lowest BCUT2D eigenvalue weighted by molar-refractivity contribution is -0.126. The fourth-order valence-electron chi connectivity index (χ4n) is 4.87. The Labute approximate surface area is 155 Å². The standard InChI is InChI=1S/C19H31N5O2/c1-23-13-15(10-22-23)16-11-20-12-17(16)18(25)21-14-19(4-8-26-9-5-19)24-6-2-3-7-24/h10,13,16-17,20H,2-9,11-12,14H2,1H3,(H,21,25)/t16-,17+/m1/s1. The lowest BCUT2D eigenvalue weighted by Gasteiger charge is -2.45. The molecule has 26 heavy (non-hydrogen) atoms. The van der Waals surface area contributed by atoms with Crippen LogP contribution < -0.4 is 10.6 Å². The lowest BCUT2D eigenvalue weighted by atomic mass is 9.86. The summed E-state index contributed by atoms with van der Waals surface area (Å²) in [5.74, 6) is 0.365. The van der Waals surface area contributed by atoms with Gasteiger partial charge in [-0.15, -0.1) is 0 Å². The molecule has 1 aromatic heterocycles. The molecule has 3 aliphatic heterocycles. The van der Waals surface area contributed by atoms with Crippen LogP contribution in [0.2, 0.25) is 0 Å². The first-order chi connectivity index (χ1) is 12.7. The van der Waals surface area contributed by atoms with Crippen molar-refractivity contribution in [1.82, 2.24) is 25.3 Å². The summed E-state index contributed by atoms with van der Waals surface area (Å²) in [6, 6.07) is 0. The Balaban J connectivity index is 1.41. The van der Waals surface area contributed by atoms with Crippen molar-refractivity contribution in [3.63, 3.8) is 0 Å². The van der Waals surface area contributed by atoms with Crippen molar-refractivity contribution in [2.75, 3.05) is 45.9 Å². The summed E-state index contributed by atoms with van der Waals surface area (Å²) in [5.41, 5.74) is 1.23. The molecule has 4 rings (SSSR count). The summed E-state index contributed by atoms with van der Waals surface area (Å²) >= 11 is 0. The van der Waals surface area contributed by atoms with Gasteiger partial charge in [0.15, 0.2) is 0 Å². The molecule has 7 nitrogen and oxygen atoms in total. The second-order valence-corrected chi connectivity index (χ2v) is 8.07. The highest BCUT2D eigenvalue weighted by Crippen LogP contribution is 2.32. The molecular formula is C19H31N5O2. The van der Waals surface area contributed by atoms with E-state index in [1.165, 1.54) is 12.8 Å². The van der Waals surface area contributed by atoms with Gasteiger partial charge in [0.2, 0.25) is 5.91 Å². The summed E-state index contributed by atoms with van der Waals surface area (Å²) in [6.07, 6.45) is 8.49. The van der Waals surface area contributed by atoms with Crippen LogP contribution in [0.25, 0.3) is 0 Å². The Hall–Kier alpha value is -1.44. The fraction of sp³-hybridized carbons (Fsp3) is 0.789. The summed E-state index contributed by atoms with van der Waals surface area (Å²) in [5, 5.41) is 11.0. The van der Waals surface area contributed by atoms with Crippen molar-refractivity contribution in [2.24, 2.45) is 13.0 Å². The third-order valence-electron chi connectivity index (χ3n) is 6.50. The van der Waals surface area contributed by atoms with Crippen LogP contribution in [0.3, 0.4) is 0 Å². The Morgan fingerprint density at radius 3 is 2.81 bits per heavy atom. The normalized spacial score (nSPS) is 29.1. The van der Waals surface area contributed by atoms with Crippen molar-refractivity contribution in [3.05, 3.63) is 18.0 Å². The molecule has 0 bridgehead atoms. The number of likely N-dealkylation sites (tertiary alicyclic amines) is 1. The van der Waals surface area contributed by atoms with Crippen LogP contribution in [0.15, 0.2) is 12.4 Å². The molecule has 0 unspecified atom stereocenters. The number of ether oxygens (including phenoxy) is 1. The highest BCUT2D eigenvalue weighted by atomic mass is 16.5. The molecular weight excluding hydrogens is 330 g/mol. The van der Waals surface area contributed by atoms with Gasteiger partial charge in [-0.05, 0) is 44.3 Å². The quantitative estimate of drug-likeness (QED) is 0.798. The minimum absolute atomic E-state index is 0.0188. The molecule has 1 aromatic rings. The molecule has 1 amide bonds. The van der Waals surface area contributed by atoms with Crippen molar-refractivity contribution in [3.8, 4) is 0 Å². The smallest absolute Gasteiger partial charge is 0.225 e. The van der Waals surface area contributed by atoms with Crippen molar-refractivity contribution < 1.29 is 9.53 Å². The first-order valence-corrected chi connectivity index (χ1v) is 9.98. The number of hydrogen-bond acceptors (Lipinski definition) is 5. The number of hydrogen-bond donors (Lipinski definition) is 2. The van der Waals surface area contributed by atoms with Crippen LogP contribution >= 0.6 is 0 Å². The Morgan fingerprint density at radius 1 is 1.35 bits per heavy atom. The molecule has 3 aliphatic rings.